The van der Waals surface area contributed by atoms with Gasteiger partial charge in [0.15, 0.2) is 11.4 Å². The van der Waals surface area contributed by atoms with Crippen LogP contribution in [0.15, 0.2) is 22.8 Å². The van der Waals surface area contributed by atoms with Crippen molar-refractivity contribution in [2.24, 2.45) is 0 Å². The fraction of sp³-hybridized carbons (Fsp3) is 0.385. The van der Waals surface area contributed by atoms with E-state index in [1.165, 1.54) is 18.4 Å². The first-order valence-electron chi connectivity index (χ1n) is 5.68. The van der Waals surface area contributed by atoms with Crippen LogP contribution in [0.5, 0.6) is 0 Å². The highest BCUT2D eigenvalue weighted by molar-refractivity contribution is 5.79. The molecule has 2 rings (SSSR count). The smallest absolute Gasteiger partial charge is 0.172 e. The Morgan fingerprint density at radius 1 is 1.41 bits per heavy atom. The molecule has 1 aromatic carbocycles. The number of furan rings is 1. The van der Waals surface area contributed by atoms with E-state index in [0.717, 1.165) is 6.42 Å². The van der Waals surface area contributed by atoms with Crippen molar-refractivity contribution in [3.05, 3.63) is 35.6 Å². The highest BCUT2D eigenvalue weighted by Gasteiger charge is 2.16. The summed E-state index contributed by atoms with van der Waals surface area (Å²) in [6.07, 6.45) is 2.61. The minimum atomic E-state index is -0.458. The zero-order chi connectivity index (χ0) is 12.4. The van der Waals surface area contributed by atoms with Crippen LogP contribution >= 0.6 is 0 Å². The van der Waals surface area contributed by atoms with Crippen LogP contribution in [0.25, 0.3) is 11.0 Å². The maximum atomic E-state index is 14.0. The molecule has 17 heavy (non-hydrogen) atoms. The van der Waals surface area contributed by atoms with E-state index in [9.17, 15) is 8.78 Å². The van der Waals surface area contributed by atoms with Gasteiger partial charge in [0.05, 0.1) is 11.6 Å². The molecule has 0 fully saturated rings. The van der Waals surface area contributed by atoms with Gasteiger partial charge < -0.3 is 9.73 Å². The molecule has 0 aliphatic rings. The van der Waals surface area contributed by atoms with E-state index in [-0.39, 0.29) is 17.0 Å². The summed E-state index contributed by atoms with van der Waals surface area (Å²) in [5.74, 6) is -0.892. The van der Waals surface area contributed by atoms with E-state index in [4.69, 9.17) is 4.42 Å². The lowest BCUT2D eigenvalue weighted by atomic mass is 10.0. The summed E-state index contributed by atoms with van der Waals surface area (Å²) >= 11 is 0. The Labute approximate surface area is 98.6 Å². The number of hydrogen-bond acceptors (Lipinski definition) is 2. The van der Waals surface area contributed by atoms with Gasteiger partial charge in [-0.2, -0.15) is 0 Å². The summed E-state index contributed by atoms with van der Waals surface area (Å²) in [6.45, 7) is 2.00. The first kappa shape index (κ1) is 12.0. The molecule has 0 radical (unpaired) electrons. The molecule has 1 heterocycles. The maximum absolute atomic E-state index is 14.0. The third-order valence-electron chi connectivity index (χ3n) is 3.07. The Balaban J connectivity index is 2.43. The molecule has 4 heteroatoms. The molecule has 1 aromatic heterocycles. The van der Waals surface area contributed by atoms with Crippen molar-refractivity contribution in [3.8, 4) is 0 Å². The second-order valence-corrected chi connectivity index (χ2v) is 4.09. The number of rotatable bonds is 4. The third-order valence-corrected chi connectivity index (χ3v) is 3.07. The minimum Gasteiger partial charge on any atom is -0.461 e. The van der Waals surface area contributed by atoms with Gasteiger partial charge >= 0.3 is 0 Å². The Bertz CT molecular complexity index is 517. The Morgan fingerprint density at radius 2 is 2.18 bits per heavy atom. The normalized spacial score (nSPS) is 13.2. The summed E-state index contributed by atoms with van der Waals surface area (Å²) in [4.78, 5) is 0. The topological polar surface area (TPSA) is 25.2 Å². The molecule has 0 spiro atoms. The lowest BCUT2D eigenvalue weighted by Crippen LogP contribution is -2.27. The second-order valence-electron chi connectivity index (χ2n) is 4.09. The third kappa shape index (κ3) is 2.17. The van der Waals surface area contributed by atoms with Crippen LogP contribution in [0.3, 0.4) is 0 Å². The van der Waals surface area contributed by atoms with Gasteiger partial charge in [-0.3, -0.25) is 0 Å². The summed E-state index contributed by atoms with van der Waals surface area (Å²) in [7, 11) is 1.81. The maximum Gasteiger partial charge on any atom is 0.172 e. The van der Waals surface area contributed by atoms with Crippen molar-refractivity contribution in [1.29, 1.82) is 0 Å². The molecular weight excluding hydrogens is 224 g/mol. The average molecular weight is 239 g/mol. The number of fused-ring (bicyclic) bond motifs is 1. The van der Waals surface area contributed by atoms with E-state index in [1.54, 1.807) is 0 Å². The Kier molecular flexibility index (Phi) is 3.43. The van der Waals surface area contributed by atoms with Crippen molar-refractivity contribution < 1.29 is 13.2 Å². The van der Waals surface area contributed by atoms with Crippen molar-refractivity contribution in [2.45, 2.75) is 25.8 Å². The standard InChI is InChI=1S/C13H15F2NO/c1-3-9(16-2)6-8-7-11(14)10-4-5-17-13(10)12(8)15/h4-5,7,9,16H,3,6H2,1-2H3/t9-/m0/s1. The first-order valence-corrected chi connectivity index (χ1v) is 5.68. The van der Waals surface area contributed by atoms with E-state index in [1.807, 2.05) is 14.0 Å². The first-order chi connectivity index (χ1) is 8.17. The summed E-state index contributed by atoms with van der Waals surface area (Å²) in [5, 5.41) is 3.27. The van der Waals surface area contributed by atoms with Crippen molar-refractivity contribution in [3.63, 3.8) is 0 Å². The van der Waals surface area contributed by atoms with Gasteiger partial charge in [0.2, 0.25) is 0 Å². The number of likely N-dealkylation sites (N-methyl/N-ethyl adjacent to an activating group) is 1. The van der Waals surface area contributed by atoms with Crippen LogP contribution in [0, 0.1) is 11.6 Å². The molecule has 0 unspecified atom stereocenters. The van der Waals surface area contributed by atoms with E-state index >= 15 is 0 Å². The van der Waals surface area contributed by atoms with Crippen LogP contribution < -0.4 is 5.32 Å². The van der Waals surface area contributed by atoms with Crippen LogP contribution in [0.4, 0.5) is 8.78 Å². The molecule has 2 nitrogen and oxygen atoms in total. The molecule has 0 bridgehead atoms. The van der Waals surface area contributed by atoms with Gasteiger partial charge in [0.1, 0.15) is 5.82 Å². The number of nitrogens with one attached hydrogen (secondary N) is 1. The van der Waals surface area contributed by atoms with Gasteiger partial charge in [0, 0.05) is 6.04 Å². The average Bonchev–Trinajstić information content (AvgIpc) is 2.81. The minimum absolute atomic E-state index is 0.00551. The zero-order valence-electron chi connectivity index (χ0n) is 9.89. The molecular formula is C13H15F2NO. The molecule has 1 N–H and O–H groups in total. The lowest BCUT2D eigenvalue weighted by Gasteiger charge is -2.14. The largest absolute Gasteiger partial charge is 0.461 e. The summed E-state index contributed by atoms with van der Waals surface area (Å²) in [6, 6.07) is 2.83. The van der Waals surface area contributed by atoms with Gasteiger partial charge in [-0.25, -0.2) is 8.78 Å². The predicted molar refractivity (Wildman–Crippen MR) is 63.0 cm³/mol. The quantitative estimate of drug-likeness (QED) is 0.886. The van der Waals surface area contributed by atoms with Crippen LogP contribution in [0.2, 0.25) is 0 Å². The van der Waals surface area contributed by atoms with Gasteiger partial charge in [-0.15, -0.1) is 0 Å². The Morgan fingerprint density at radius 3 is 2.82 bits per heavy atom. The van der Waals surface area contributed by atoms with Crippen molar-refractivity contribution in [1.82, 2.24) is 5.32 Å². The highest BCUT2D eigenvalue weighted by atomic mass is 19.1. The molecule has 1 atom stereocenters. The van der Waals surface area contributed by atoms with Gasteiger partial charge in [-0.1, -0.05) is 6.92 Å². The van der Waals surface area contributed by atoms with Crippen LogP contribution in [-0.2, 0) is 6.42 Å². The molecule has 0 saturated heterocycles. The predicted octanol–water partition coefficient (Wildman–Crippen LogP) is 3.25. The van der Waals surface area contributed by atoms with Gasteiger partial charge in [-0.05, 0) is 37.6 Å². The fourth-order valence-electron chi connectivity index (χ4n) is 1.97. The second kappa shape index (κ2) is 4.84. The molecule has 0 amide bonds. The highest BCUT2D eigenvalue weighted by Crippen LogP contribution is 2.26. The molecule has 0 aliphatic heterocycles. The number of benzene rings is 1. The Hall–Kier alpha value is -1.42. The van der Waals surface area contributed by atoms with E-state index < -0.39 is 11.6 Å². The fourth-order valence-corrected chi connectivity index (χ4v) is 1.97. The monoisotopic (exact) mass is 239 g/mol. The van der Waals surface area contributed by atoms with Crippen molar-refractivity contribution in [2.75, 3.05) is 7.05 Å². The van der Waals surface area contributed by atoms with Crippen molar-refractivity contribution >= 4 is 11.0 Å². The van der Waals surface area contributed by atoms with E-state index in [0.29, 0.717) is 12.0 Å². The number of halogens is 2. The molecule has 0 aliphatic carbocycles. The molecule has 92 valence electrons. The van der Waals surface area contributed by atoms with Crippen LogP contribution in [0.1, 0.15) is 18.9 Å². The molecule has 0 saturated carbocycles. The molecule has 2 aromatic rings. The summed E-state index contributed by atoms with van der Waals surface area (Å²) in [5.41, 5.74) is 0.358. The lowest BCUT2D eigenvalue weighted by molar-refractivity contribution is 0.508. The SMILES string of the molecule is CC[C@@H](Cc1cc(F)c2ccoc2c1F)NC. The number of hydrogen-bond donors (Lipinski definition) is 1. The van der Waals surface area contributed by atoms with Gasteiger partial charge in [0.25, 0.3) is 0 Å². The van der Waals surface area contributed by atoms with Crippen LogP contribution in [-0.4, -0.2) is 13.1 Å². The summed E-state index contributed by atoms with van der Waals surface area (Å²) < 4.78 is 32.7. The zero-order valence-corrected chi connectivity index (χ0v) is 9.89. The van der Waals surface area contributed by atoms with E-state index in [2.05, 4.69) is 5.32 Å².